The van der Waals surface area contributed by atoms with Crippen molar-refractivity contribution in [3.63, 3.8) is 0 Å². The Hall–Kier alpha value is -3.41. The Kier molecular flexibility index (Phi) is 5.99. The van der Waals surface area contributed by atoms with Gasteiger partial charge in [-0.3, -0.25) is 4.79 Å². The van der Waals surface area contributed by atoms with E-state index in [1.165, 1.54) is 11.1 Å². The van der Waals surface area contributed by atoms with E-state index < -0.39 is 0 Å². The predicted molar refractivity (Wildman–Crippen MR) is 131 cm³/mol. The number of rotatable bonds is 4. The van der Waals surface area contributed by atoms with Crippen molar-refractivity contribution in [2.24, 2.45) is 5.92 Å². The van der Waals surface area contributed by atoms with Gasteiger partial charge >= 0.3 is 0 Å². The number of fused-ring (bicyclic) bond motifs is 1. The van der Waals surface area contributed by atoms with Gasteiger partial charge in [-0.25, -0.2) is 9.97 Å². The van der Waals surface area contributed by atoms with Gasteiger partial charge in [0, 0.05) is 37.0 Å². The van der Waals surface area contributed by atoms with Gasteiger partial charge in [-0.15, -0.1) is 0 Å². The zero-order valence-corrected chi connectivity index (χ0v) is 19.3. The second-order valence-electron chi connectivity index (χ2n) is 9.00. The number of carbonyl (C=O) groups is 1. The van der Waals surface area contributed by atoms with Crippen LogP contribution in [-0.4, -0.2) is 42.6 Å². The van der Waals surface area contributed by atoms with Crippen LogP contribution in [0.1, 0.15) is 30.4 Å². The molecule has 2 aliphatic heterocycles. The fourth-order valence-corrected chi connectivity index (χ4v) is 5.00. The number of amides is 1. The van der Waals surface area contributed by atoms with Gasteiger partial charge in [-0.2, -0.15) is 0 Å². The van der Waals surface area contributed by atoms with Crippen LogP contribution in [0, 0.1) is 12.8 Å². The Morgan fingerprint density at radius 2 is 1.88 bits per heavy atom. The van der Waals surface area contributed by atoms with Crippen molar-refractivity contribution in [3.05, 3.63) is 66.0 Å². The van der Waals surface area contributed by atoms with Gasteiger partial charge in [0.25, 0.3) is 0 Å². The summed E-state index contributed by atoms with van der Waals surface area (Å²) in [6, 6.07) is 16.4. The fraction of sp³-hybridized carbons (Fsp3) is 0.370. The van der Waals surface area contributed by atoms with Crippen molar-refractivity contribution in [3.8, 4) is 17.0 Å². The third-order valence-corrected chi connectivity index (χ3v) is 6.75. The Morgan fingerprint density at radius 1 is 1.03 bits per heavy atom. The average molecular weight is 443 g/mol. The van der Waals surface area contributed by atoms with Gasteiger partial charge in [-0.1, -0.05) is 17.7 Å². The van der Waals surface area contributed by atoms with E-state index in [9.17, 15) is 4.79 Å². The third kappa shape index (κ3) is 4.42. The molecule has 1 fully saturated rings. The smallest absolute Gasteiger partial charge is 0.231 e. The molecule has 0 saturated carbocycles. The molecule has 0 bridgehead atoms. The lowest BCUT2D eigenvalue weighted by Crippen LogP contribution is -2.46. The zero-order valence-electron chi connectivity index (χ0n) is 19.3. The molecule has 0 radical (unpaired) electrons. The number of hydrogen-bond acceptors (Lipinski definition) is 5. The Balaban J connectivity index is 1.34. The molecule has 33 heavy (non-hydrogen) atoms. The van der Waals surface area contributed by atoms with Crippen LogP contribution in [0.25, 0.3) is 11.3 Å². The summed E-state index contributed by atoms with van der Waals surface area (Å²) in [6.07, 6.45) is 5.59. The van der Waals surface area contributed by atoms with Crippen LogP contribution in [0.5, 0.6) is 5.75 Å². The molecular weight excluding hydrogens is 412 g/mol. The van der Waals surface area contributed by atoms with E-state index in [1.54, 1.807) is 13.4 Å². The van der Waals surface area contributed by atoms with Crippen molar-refractivity contribution in [1.82, 2.24) is 9.97 Å². The number of piperidine rings is 1. The van der Waals surface area contributed by atoms with Gasteiger partial charge < -0.3 is 14.5 Å². The van der Waals surface area contributed by atoms with Gasteiger partial charge in [0.2, 0.25) is 5.91 Å². The normalized spacial score (nSPS) is 18.1. The number of anilines is 2. The highest BCUT2D eigenvalue weighted by Gasteiger charge is 2.32. The molecule has 3 aromatic rings. The Bertz CT molecular complexity index is 1150. The molecule has 6 heteroatoms. The monoisotopic (exact) mass is 442 g/mol. The first kappa shape index (κ1) is 21.4. The van der Waals surface area contributed by atoms with Crippen LogP contribution in [0.4, 0.5) is 11.5 Å². The number of aryl methyl sites for hydroxylation is 2. The maximum Gasteiger partial charge on any atom is 0.231 e. The summed E-state index contributed by atoms with van der Waals surface area (Å²) in [6.45, 7) is 4.51. The Labute approximate surface area is 195 Å². The number of hydrogen-bond donors (Lipinski definition) is 0. The number of methoxy groups -OCH3 is 1. The maximum atomic E-state index is 13.6. The predicted octanol–water partition coefficient (Wildman–Crippen LogP) is 4.66. The first-order valence-electron chi connectivity index (χ1n) is 11.7. The lowest BCUT2D eigenvalue weighted by Gasteiger charge is -2.37. The number of aromatic nitrogens is 2. The molecular formula is C27H30N4O2. The molecule has 1 unspecified atom stereocenters. The molecule has 0 aliphatic carbocycles. The van der Waals surface area contributed by atoms with Crippen molar-refractivity contribution >= 4 is 17.4 Å². The summed E-state index contributed by atoms with van der Waals surface area (Å²) in [4.78, 5) is 26.8. The molecule has 2 aliphatic rings. The van der Waals surface area contributed by atoms with E-state index in [0.29, 0.717) is 6.54 Å². The van der Waals surface area contributed by atoms with E-state index in [1.807, 2.05) is 35.2 Å². The minimum Gasteiger partial charge on any atom is -0.497 e. The molecule has 0 spiro atoms. The second kappa shape index (κ2) is 9.22. The highest BCUT2D eigenvalue weighted by molar-refractivity contribution is 5.96. The van der Waals surface area contributed by atoms with Gasteiger partial charge in [0.15, 0.2) is 0 Å². The highest BCUT2D eigenvalue weighted by atomic mass is 16.5. The second-order valence-corrected chi connectivity index (χ2v) is 9.00. The van der Waals surface area contributed by atoms with Crippen molar-refractivity contribution < 1.29 is 9.53 Å². The minimum absolute atomic E-state index is 0.0228. The SMILES string of the molecule is COc1ccc(-c2cc(N3CCCC(C(=O)N4CCCc5cc(C)ccc54)C3)ncn2)cc1. The lowest BCUT2D eigenvalue weighted by atomic mass is 9.93. The largest absolute Gasteiger partial charge is 0.497 e. The Morgan fingerprint density at radius 3 is 2.70 bits per heavy atom. The average Bonchev–Trinajstić information content (AvgIpc) is 2.88. The standard InChI is InChI=1S/C27H30N4O2/c1-19-7-12-25-21(15-19)5-4-14-31(25)27(32)22-6-3-13-30(17-22)26-16-24(28-18-29-26)20-8-10-23(33-2)11-9-20/h7-12,15-16,18,22H,3-6,13-14,17H2,1-2H3. The van der Waals surface area contributed by atoms with Crippen LogP contribution in [-0.2, 0) is 11.2 Å². The molecule has 2 aromatic carbocycles. The quantitative estimate of drug-likeness (QED) is 0.588. The number of carbonyl (C=O) groups excluding carboxylic acids is 1. The van der Waals surface area contributed by atoms with E-state index in [-0.39, 0.29) is 11.8 Å². The zero-order chi connectivity index (χ0) is 22.8. The number of benzene rings is 2. The fourth-order valence-electron chi connectivity index (χ4n) is 5.00. The van der Waals surface area contributed by atoms with Gasteiger partial charge in [0.1, 0.15) is 17.9 Å². The van der Waals surface area contributed by atoms with Crippen molar-refractivity contribution in [2.75, 3.05) is 36.5 Å². The van der Waals surface area contributed by atoms with E-state index in [2.05, 4.69) is 40.0 Å². The lowest BCUT2D eigenvalue weighted by molar-refractivity contribution is -0.122. The maximum absolute atomic E-state index is 13.6. The first-order chi connectivity index (χ1) is 16.1. The van der Waals surface area contributed by atoms with E-state index in [0.717, 1.165) is 67.3 Å². The van der Waals surface area contributed by atoms with Crippen molar-refractivity contribution in [1.29, 1.82) is 0 Å². The van der Waals surface area contributed by atoms with Crippen LogP contribution in [0.3, 0.4) is 0 Å². The number of ether oxygens (including phenoxy) is 1. The summed E-state index contributed by atoms with van der Waals surface area (Å²) in [5, 5.41) is 0. The molecule has 1 saturated heterocycles. The van der Waals surface area contributed by atoms with Crippen LogP contribution in [0.2, 0.25) is 0 Å². The molecule has 170 valence electrons. The molecule has 3 heterocycles. The van der Waals surface area contributed by atoms with E-state index >= 15 is 0 Å². The molecule has 5 rings (SSSR count). The van der Waals surface area contributed by atoms with Crippen LogP contribution in [0.15, 0.2) is 54.9 Å². The van der Waals surface area contributed by atoms with Crippen molar-refractivity contribution in [2.45, 2.75) is 32.6 Å². The summed E-state index contributed by atoms with van der Waals surface area (Å²) < 4.78 is 5.26. The minimum atomic E-state index is -0.0228. The number of nitrogens with zero attached hydrogens (tertiary/aromatic N) is 4. The van der Waals surface area contributed by atoms with Gasteiger partial charge in [-0.05, 0) is 68.5 Å². The van der Waals surface area contributed by atoms with E-state index in [4.69, 9.17) is 4.74 Å². The van der Waals surface area contributed by atoms with Gasteiger partial charge in [0.05, 0.1) is 18.7 Å². The third-order valence-electron chi connectivity index (χ3n) is 6.75. The summed E-state index contributed by atoms with van der Waals surface area (Å²) in [7, 11) is 1.66. The molecule has 1 aromatic heterocycles. The molecule has 1 atom stereocenters. The highest BCUT2D eigenvalue weighted by Crippen LogP contribution is 2.32. The summed E-state index contributed by atoms with van der Waals surface area (Å²) >= 11 is 0. The molecule has 6 nitrogen and oxygen atoms in total. The summed E-state index contributed by atoms with van der Waals surface area (Å²) in [5.41, 5.74) is 5.53. The van der Waals surface area contributed by atoms with Crippen LogP contribution < -0.4 is 14.5 Å². The first-order valence-corrected chi connectivity index (χ1v) is 11.7. The topological polar surface area (TPSA) is 58.6 Å². The summed E-state index contributed by atoms with van der Waals surface area (Å²) in [5.74, 6) is 1.92. The molecule has 0 N–H and O–H groups in total. The van der Waals surface area contributed by atoms with Crippen LogP contribution >= 0.6 is 0 Å². The molecule has 1 amide bonds.